The molecule has 0 fully saturated rings. The molecular weight excluding hydrogens is 228 g/mol. The molecular formula is C10H8F4O2. The zero-order valence-electron chi connectivity index (χ0n) is 8.05. The van der Waals surface area contributed by atoms with Gasteiger partial charge in [-0.3, -0.25) is 0 Å². The van der Waals surface area contributed by atoms with Crippen molar-refractivity contribution in [1.82, 2.24) is 0 Å². The minimum atomic E-state index is -4.76. The van der Waals surface area contributed by atoms with Gasteiger partial charge in [0.1, 0.15) is 17.9 Å². The van der Waals surface area contributed by atoms with Crippen molar-refractivity contribution >= 4 is 6.29 Å². The third kappa shape index (κ3) is 3.22. The fraction of sp³-hybridized carbons (Fsp3) is 0.300. The summed E-state index contributed by atoms with van der Waals surface area (Å²) in [6.45, 7) is -0.0353. The molecule has 0 aliphatic heterocycles. The highest BCUT2D eigenvalue weighted by Crippen LogP contribution is 2.33. The Morgan fingerprint density at radius 3 is 2.56 bits per heavy atom. The van der Waals surface area contributed by atoms with E-state index in [0.717, 1.165) is 6.07 Å². The van der Waals surface area contributed by atoms with Crippen molar-refractivity contribution in [3.05, 3.63) is 29.6 Å². The molecule has 0 aromatic heterocycles. The number of ether oxygens (including phenoxy) is 1. The van der Waals surface area contributed by atoms with Crippen LogP contribution in [0.2, 0.25) is 0 Å². The summed E-state index contributed by atoms with van der Waals surface area (Å²) in [6, 6.07) is 2.33. The van der Waals surface area contributed by atoms with Crippen LogP contribution >= 0.6 is 0 Å². The molecule has 1 aromatic rings. The second-order valence-corrected chi connectivity index (χ2v) is 2.94. The zero-order chi connectivity index (χ0) is 12.2. The molecule has 0 unspecified atom stereocenters. The van der Waals surface area contributed by atoms with Crippen molar-refractivity contribution in [1.29, 1.82) is 0 Å². The highest BCUT2D eigenvalue weighted by atomic mass is 19.4. The van der Waals surface area contributed by atoms with Crippen molar-refractivity contribution in [2.45, 2.75) is 12.6 Å². The summed E-state index contributed by atoms with van der Waals surface area (Å²) in [5.74, 6) is -1.47. The fourth-order valence-electron chi connectivity index (χ4n) is 1.04. The molecule has 0 radical (unpaired) electrons. The van der Waals surface area contributed by atoms with E-state index in [2.05, 4.69) is 0 Å². The van der Waals surface area contributed by atoms with Crippen molar-refractivity contribution in [3.63, 3.8) is 0 Å². The second-order valence-electron chi connectivity index (χ2n) is 2.94. The van der Waals surface area contributed by atoms with Gasteiger partial charge in [-0.15, -0.1) is 0 Å². The van der Waals surface area contributed by atoms with Gasteiger partial charge in [0.25, 0.3) is 0 Å². The number of hydrogen-bond acceptors (Lipinski definition) is 2. The molecule has 0 aliphatic carbocycles. The molecule has 0 saturated carbocycles. The SMILES string of the molecule is O=CCCOc1ccc(F)c(C(F)(F)F)c1. The van der Waals surface area contributed by atoms with Gasteiger partial charge >= 0.3 is 6.18 Å². The summed E-state index contributed by atoms with van der Waals surface area (Å²) in [5, 5.41) is 0. The standard InChI is InChI=1S/C10H8F4O2/c11-9-3-2-7(16-5-1-4-15)6-8(9)10(12,13)14/h2-4,6H,1,5H2. The first-order valence-corrected chi connectivity index (χ1v) is 4.38. The van der Waals surface area contributed by atoms with E-state index >= 15 is 0 Å². The molecule has 0 bridgehead atoms. The number of carbonyl (C=O) groups excluding carboxylic acids is 1. The van der Waals surface area contributed by atoms with Crippen LogP contribution in [0.25, 0.3) is 0 Å². The molecule has 88 valence electrons. The smallest absolute Gasteiger partial charge is 0.419 e. The molecule has 0 atom stereocenters. The summed E-state index contributed by atoms with van der Waals surface area (Å²) in [4.78, 5) is 9.96. The maximum absolute atomic E-state index is 12.8. The van der Waals surface area contributed by atoms with Gasteiger partial charge in [-0.05, 0) is 18.2 Å². The minimum absolute atomic E-state index is 0.0353. The number of benzene rings is 1. The van der Waals surface area contributed by atoms with Crippen LogP contribution in [-0.4, -0.2) is 12.9 Å². The van der Waals surface area contributed by atoms with Crippen LogP contribution in [0.3, 0.4) is 0 Å². The largest absolute Gasteiger partial charge is 0.493 e. The van der Waals surface area contributed by atoms with Crippen molar-refractivity contribution < 1.29 is 27.1 Å². The number of alkyl halides is 3. The van der Waals surface area contributed by atoms with Gasteiger partial charge in [-0.2, -0.15) is 13.2 Å². The minimum Gasteiger partial charge on any atom is -0.493 e. The number of carbonyl (C=O) groups is 1. The molecule has 6 heteroatoms. The quantitative estimate of drug-likeness (QED) is 0.456. The third-order valence-electron chi connectivity index (χ3n) is 1.75. The van der Waals surface area contributed by atoms with Gasteiger partial charge in [0.05, 0.1) is 12.2 Å². The molecule has 0 aliphatic rings. The van der Waals surface area contributed by atoms with E-state index < -0.39 is 17.6 Å². The molecule has 1 rings (SSSR count). The normalized spacial score (nSPS) is 11.2. The molecule has 0 spiro atoms. The van der Waals surface area contributed by atoms with E-state index in [1.807, 2.05) is 0 Å². The first kappa shape index (κ1) is 12.5. The van der Waals surface area contributed by atoms with E-state index in [0.29, 0.717) is 18.4 Å². The Hall–Kier alpha value is -1.59. The Balaban J connectivity index is 2.85. The molecule has 2 nitrogen and oxygen atoms in total. The molecule has 16 heavy (non-hydrogen) atoms. The maximum Gasteiger partial charge on any atom is 0.419 e. The average Bonchev–Trinajstić information content (AvgIpc) is 2.19. The van der Waals surface area contributed by atoms with E-state index in [1.165, 1.54) is 0 Å². The van der Waals surface area contributed by atoms with E-state index in [4.69, 9.17) is 4.74 Å². The van der Waals surface area contributed by atoms with E-state index in [-0.39, 0.29) is 18.8 Å². The summed E-state index contributed by atoms with van der Waals surface area (Å²) in [5.41, 5.74) is -1.38. The Labute approximate surface area is 88.8 Å². The third-order valence-corrected chi connectivity index (χ3v) is 1.75. The molecule has 1 aromatic carbocycles. The molecule has 0 saturated heterocycles. The highest BCUT2D eigenvalue weighted by molar-refractivity contribution is 5.49. The number of halogens is 4. The predicted molar refractivity (Wildman–Crippen MR) is 47.6 cm³/mol. The highest BCUT2D eigenvalue weighted by Gasteiger charge is 2.34. The van der Waals surface area contributed by atoms with E-state index in [1.54, 1.807) is 0 Å². The van der Waals surface area contributed by atoms with Gasteiger partial charge < -0.3 is 9.53 Å². The van der Waals surface area contributed by atoms with Gasteiger partial charge in [-0.1, -0.05) is 0 Å². The Morgan fingerprint density at radius 1 is 1.31 bits per heavy atom. The van der Waals surface area contributed by atoms with Gasteiger partial charge in [0, 0.05) is 6.42 Å². The summed E-state index contributed by atoms with van der Waals surface area (Å²) in [7, 11) is 0. The number of aldehydes is 1. The monoisotopic (exact) mass is 236 g/mol. The average molecular weight is 236 g/mol. The van der Waals surface area contributed by atoms with Crippen LogP contribution in [0.1, 0.15) is 12.0 Å². The number of rotatable bonds is 4. The second kappa shape index (κ2) is 4.96. The van der Waals surface area contributed by atoms with Crippen molar-refractivity contribution in [3.8, 4) is 5.75 Å². The Bertz CT molecular complexity index is 374. The fourth-order valence-corrected chi connectivity index (χ4v) is 1.04. The Morgan fingerprint density at radius 2 is 2.00 bits per heavy atom. The maximum atomic E-state index is 12.8. The zero-order valence-corrected chi connectivity index (χ0v) is 8.05. The van der Waals surface area contributed by atoms with Crippen LogP contribution in [-0.2, 0) is 11.0 Å². The van der Waals surface area contributed by atoms with Crippen molar-refractivity contribution in [2.75, 3.05) is 6.61 Å². The Kier molecular flexibility index (Phi) is 3.87. The summed E-state index contributed by atoms with van der Waals surface area (Å²) >= 11 is 0. The predicted octanol–water partition coefficient (Wildman–Crippen LogP) is 2.81. The van der Waals surface area contributed by atoms with Gasteiger partial charge in [0.2, 0.25) is 0 Å². The lowest BCUT2D eigenvalue weighted by Gasteiger charge is -2.10. The lowest BCUT2D eigenvalue weighted by Crippen LogP contribution is -2.08. The van der Waals surface area contributed by atoms with Crippen LogP contribution in [0.5, 0.6) is 5.75 Å². The van der Waals surface area contributed by atoms with Crippen LogP contribution in [0, 0.1) is 5.82 Å². The lowest BCUT2D eigenvalue weighted by molar-refractivity contribution is -0.140. The summed E-state index contributed by atoms with van der Waals surface area (Å²) < 4.78 is 54.5. The first-order chi connectivity index (χ1) is 7.45. The van der Waals surface area contributed by atoms with Gasteiger partial charge in [0.15, 0.2) is 0 Å². The van der Waals surface area contributed by atoms with Crippen LogP contribution in [0.15, 0.2) is 18.2 Å². The summed E-state index contributed by atoms with van der Waals surface area (Å²) in [6.07, 6.45) is -4.11. The molecule has 0 heterocycles. The van der Waals surface area contributed by atoms with E-state index in [9.17, 15) is 22.4 Å². The van der Waals surface area contributed by atoms with Crippen molar-refractivity contribution in [2.24, 2.45) is 0 Å². The molecule has 0 amide bonds. The topological polar surface area (TPSA) is 26.3 Å². The first-order valence-electron chi connectivity index (χ1n) is 4.38. The molecule has 0 N–H and O–H groups in total. The number of hydrogen-bond donors (Lipinski definition) is 0. The lowest BCUT2D eigenvalue weighted by atomic mass is 10.2. The van der Waals surface area contributed by atoms with Crippen LogP contribution in [0.4, 0.5) is 17.6 Å². The van der Waals surface area contributed by atoms with Crippen LogP contribution < -0.4 is 4.74 Å². The van der Waals surface area contributed by atoms with Gasteiger partial charge in [-0.25, -0.2) is 4.39 Å².